The van der Waals surface area contributed by atoms with Crippen LogP contribution in [0.1, 0.15) is 11.5 Å². The van der Waals surface area contributed by atoms with Crippen molar-refractivity contribution in [3.63, 3.8) is 0 Å². The van der Waals surface area contributed by atoms with Gasteiger partial charge in [0.15, 0.2) is 0 Å². The molecule has 1 aromatic rings. The van der Waals surface area contributed by atoms with E-state index in [0.29, 0.717) is 13.1 Å². The molecule has 0 bridgehead atoms. The summed E-state index contributed by atoms with van der Waals surface area (Å²) in [5, 5.41) is 9.12. The van der Waals surface area contributed by atoms with Gasteiger partial charge in [-0.1, -0.05) is 12.1 Å². The molecule has 16 heavy (non-hydrogen) atoms. The van der Waals surface area contributed by atoms with Crippen LogP contribution >= 0.6 is 0 Å². The molecule has 0 radical (unpaired) electrons. The van der Waals surface area contributed by atoms with E-state index in [1.807, 2.05) is 11.9 Å². The number of carbonyl (C=O) groups is 1. The third kappa shape index (κ3) is 2.07. The summed E-state index contributed by atoms with van der Waals surface area (Å²) in [6, 6.07) is 6.11. The number of hydrogen-bond donors (Lipinski definition) is 1. The molecule has 0 amide bonds. The fraction of sp³-hybridized carbons (Fsp3) is 0.417. The van der Waals surface area contributed by atoms with Crippen LogP contribution in [-0.2, 0) is 4.79 Å². The van der Waals surface area contributed by atoms with Crippen molar-refractivity contribution in [3.8, 4) is 0 Å². The summed E-state index contributed by atoms with van der Waals surface area (Å²) in [4.78, 5) is 13.1. The summed E-state index contributed by atoms with van der Waals surface area (Å²) >= 11 is 0. The molecule has 0 saturated carbocycles. The second-order valence-electron chi connectivity index (χ2n) is 4.32. The molecular weight excluding hydrogens is 209 g/mol. The lowest BCUT2D eigenvalue weighted by Crippen LogP contribution is -2.21. The van der Waals surface area contributed by atoms with Gasteiger partial charge in [0.2, 0.25) is 0 Å². The van der Waals surface area contributed by atoms with Crippen LogP contribution in [0.25, 0.3) is 0 Å². The highest BCUT2D eigenvalue weighted by Crippen LogP contribution is 2.32. The molecule has 1 aliphatic heterocycles. The van der Waals surface area contributed by atoms with Gasteiger partial charge in [-0.05, 0) is 24.7 Å². The first-order valence-corrected chi connectivity index (χ1v) is 5.24. The van der Waals surface area contributed by atoms with E-state index in [-0.39, 0.29) is 11.7 Å². The zero-order valence-corrected chi connectivity index (χ0v) is 9.06. The van der Waals surface area contributed by atoms with E-state index >= 15 is 0 Å². The minimum absolute atomic E-state index is 0.0388. The molecule has 1 fully saturated rings. The Labute approximate surface area is 93.5 Å². The standard InChI is InChI=1S/C12H14FNO2/c1-14-6-10(11(7-14)12(15)16)8-2-4-9(13)5-3-8/h2-5,10-11H,6-7H2,1H3,(H,15,16)/t10-,11-/m1/s1. The molecule has 4 heteroatoms. The highest BCUT2D eigenvalue weighted by molar-refractivity contribution is 5.72. The lowest BCUT2D eigenvalue weighted by molar-refractivity contribution is -0.141. The molecule has 1 aliphatic rings. The molecule has 0 aromatic heterocycles. The molecule has 1 N–H and O–H groups in total. The predicted octanol–water partition coefficient (Wildman–Crippen LogP) is 1.56. The van der Waals surface area contributed by atoms with Gasteiger partial charge in [-0.25, -0.2) is 4.39 Å². The van der Waals surface area contributed by atoms with Crippen molar-refractivity contribution in [2.24, 2.45) is 5.92 Å². The first-order valence-electron chi connectivity index (χ1n) is 5.24. The smallest absolute Gasteiger partial charge is 0.308 e. The van der Waals surface area contributed by atoms with Crippen LogP contribution in [0, 0.1) is 11.7 Å². The number of likely N-dealkylation sites (N-methyl/N-ethyl adjacent to an activating group) is 1. The zero-order chi connectivity index (χ0) is 11.7. The van der Waals surface area contributed by atoms with Gasteiger partial charge < -0.3 is 10.0 Å². The van der Waals surface area contributed by atoms with Gasteiger partial charge in [-0.15, -0.1) is 0 Å². The van der Waals surface area contributed by atoms with Crippen molar-refractivity contribution in [1.29, 1.82) is 0 Å². The number of halogens is 1. The minimum atomic E-state index is -0.779. The van der Waals surface area contributed by atoms with Crippen LogP contribution in [0.5, 0.6) is 0 Å². The minimum Gasteiger partial charge on any atom is -0.481 e. The second kappa shape index (κ2) is 4.22. The van der Waals surface area contributed by atoms with Crippen LogP contribution in [0.4, 0.5) is 4.39 Å². The lowest BCUT2D eigenvalue weighted by Gasteiger charge is -2.14. The Kier molecular flexibility index (Phi) is 2.92. The molecule has 2 atom stereocenters. The number of hydrogen-bond acceptors (Lipinski definition) is 2. The van der Waals surface area contributed by atoms with Gasteiger partial charge >= 0.3 is 5.97 Å². The summed E-state index contributed by atoms with van der Waals surface area (Å²) < 4.78 is 12.8. The number of likely N-dealkylation sites (tertiary alicyclic amines) is 1. The Balaban J connectivity index is 2.25. The Morgan fingerprint density at radius 3 is 2.56 bits per heavy atom. The van der Waals surface area contributed by atoms with Crippen molar-refractivity contribution in [2.75, 3.05) is 20.1 Å². The molecule has 0 aliphatic carbocycles. The monoisotopic (exact) mass is 223 g/mol. The summed E-state index contributed by atoms with van der Waals surface area (Å²) in [6.07, 6.45) is 0. The fourth-order valence-corrected chi connectivity index (χ4v) is 2.30. The molecule has 1 aromatic carbocycles. The first-order chi connectivity index (χ1) is 7.58. The highest BCUT2D eigenvalue weighted by atomic mass is 19.1. The quantitative estimate of drug-likeness (QED) is 0.827. The molecule has 1 heterocycles. The van der Waals surface area contributed by atoms with Crippen molar-refractivity contribution in [1.82, 2.24) is 4.90 Å². The number of benzene rings is 1. The van der Waals surface area contributed by atoms with E-state index in [0.717, 1.165) is 5.56 Å². The largest absolute Gasteiger partial charge is 0.481 e. The summed E-state index contributed by atoms with van der Waals surface area (Å²) in [6.45, 7) is 1.26. The van der Waals surface area contributed by atoms with Crippen LogP contribution in [0.2, 0.25) is 0 Å². The number of aliphatic carboxylic acids is 1. The van der Waals surface area contributed by atoms with E-state index < -0.39 is 11.9 Å². The summed E-state index contributed by atoms with van der Waals surface area (Å²) in [5.41, 5.74) is 0.901. The second-order valence-corrected chi connectivity index (χ2v) is 4.32. The zero-order valence-electron chi connectivity index (χ0n) is 9.06. The molecule has 3 nitrogen and oxygen atoms in total. The predicted molar refractivity (Wildman–Crippen MR) is 57.8 cm³/mol. The van der Waals surface area contributed by atoms with E-state index in [4.69, 9.17) is 5.11 Å². The number of nitrogens with zero attached hydrogens (tertiary/aromatic N) is 1. The summed E-state index contributed by atoms with van der Waals surface area (Å²) in [5.74, 6) is -1.50. The Morgan fingerprint density at radius 2 is 2.00 bits per heavy atom. The highest BCUT2D eigenvalue weighted by Gasteiger charge is 2.36. The number of carboxylic acid groups (broad SMARTS) is 1. The Morgan fingerprint density at radius 1 is 1.38 bits per heavy atom. The van der Waals surface area contributed by atoms with Gasteiger partial charge in [0.05, 0.1) is 5.92 Å². The fourth-order valence-electron chi connectivity index (χ4n) is 2.30. The van der Waals surface area contributed by atoms with E-state index in [1.165, 1.54) is 12.1 Å². The van der Waals surface area contributed by atoms with Gasteiger partial charge in [0.25, 0.3) is 0 Å². The average molecular weight is 223 g/mol. The molecule has 2 rings (SSSR count). The Hall–Kier alpha value is -1.42. The Bertz CT molecular complexity index is 391. The number of carboxylic acids is 1. The van der Waals surface area contributed by atoms with E-state index in [2.05, 4.69) is 0 Å². The molecular formula is C12H14FNO2. The van der Waals surface area contributed by atoms with Crippen molar-refractivity contribution < 1.29 is 14.3 Å². The topological polar surface area (TPSA) is 40.5 Å². The first kappa shape index (κ1) is 11.1. The van der Waals surface area contributed by atoms with Crippen molar-refractivity contribution in [2.45, 2.75) is 5.92 Å². The third-order valence-corrected chi connectivity index (χ3v) is 3.12. The van der Waals surface area contributed by atoms with Gasteiger partial charge in [0, 0.05) is 19.0 Å². The molecule has 1 saturated heterocycles. The molecule has 0 unspecified atom stereocenters. The molecule has 0 spiro atoms. The maximum absolute atomic E-state index is 12.8. The summed E-state index contributed by atoms with van der Waals surface area (Å²) in [7, 11) is 1.90. The normalized spacial score (nSPS) is 25.9. The van der Waals surface area contributed by atoms with Crippen LogP contribution in [0.15, 0.2) is 24.3 Å². The maximum Gasteiger partial charge on any atom is 0.308 e. The van der Waals surface area contributed by atoms with Crippen LogP contribution < -0.4 is 0 Å². The molecule has 86 valence electrons. The SMILES string of the molecule is CN1C[C@H](c2ccc(F)cc2)[C@H](C(=O)O)C1. The maximum atomic E-state index is 12.8. The van der Waals surface area contributed by atoms with Crippen molar-refractivity contribution >= 4 is 5.97 Å². The van der Waals surface area contributed by atoms with E-state index in [9.17, 15) is 9.18 Å². The van der Waals surface area contributed by atoms with Gasteiger partial charge in [-0.2, -0.15) is 0 Å². The average Bonchev–Trinajstić information content (AvgIpc) is 2.61. The third-order valence-electron chi connectivity index (χ3n) is 3.12. The van der Waals surface area contributed by atoms with Crippen molar-refractivity contribution in [3.05, 3.63) is 35.6 Å². The number of rotatable bonds is 2. The van der Waals surface area contributed by atoms with Gasteiger partial charge in [-0.3, -0.25) is 4.79 Å². The lowest BCUT2D eigenvalue weighted by atomic mass is 9.89. The van der Waals surface area contributed by atoms with E-state index in [1.54, 1.807) is 12.1 Å². The van der Waals surface area contributed by atoms with Crippen LogP contribution in [-0.4, -0.2) is 36.1 Å². The van der Waals surface area contributed by atoms with Crippen LogP contribution in [0.3, 0.4) is 0 Å². The van der Waals surface area contributed by atoms with Gasteiger partial charge in [0.1, 0.15) is 5.82 Å².